The molecule has 2 rings (SSSR count). The highest BCUT2D eigenvalue weighted by Crippen LogP contribution is 2.16. The van der Waals surface area contributed by atoms with Crippen molar-refractivity contribution in [1.29, 1.82) is 0 Å². The monoisotopic (exact) mass is 383 g/mol. The van der Waals surface area contributed by atoms with Crippen LogP contribution in [0, 0.1) is 5.82 Å². The number of rotatable bonds is 5. The molecule has 0 aliphatic carbocycles. The maximum absolute atomic E-state index is 13.5. The topological polar surface area (TPSA) is 74.5 Å². The van der Waals surface area contributed by atoms with Crippen molar-refractivity contribution < 1.29 is 9.50 Å². The zero-order valence-corrected chi connectivity index (χ0v) is 14.5. The Morgan fingerprint density at radius 2 is 2.26 bits per heavy atom. The number of aliphatic hydroxyl groups is 1. The van der Waals surface area contributed by atoms with Crippen LogP contribution in [0.4, 0.5) is 4.39 Å². The number of guanidine groups is 1. The first-order valence-electron chi connectivity index (χ1n) is 7.04. The summed E-state index contributed by atoms with van der Waals surface area (Å²) in [6.07, 6.45) is 2.69. The molecule has 0 radical (unpaired) electrons. The molecule has 23 heavy (non-hydrogen) atoms. The fraction of sp³-hybridized carbons (Fsp3) is 0.333. The van der Waals surface area contributed by atoms with E-state index in [2.05, 4.69) is 36.7 Å². The van der Waals surface area contributed by atoms with Gasteiger partial charge in [-0.2, -0.15) is 5.10 Å². The van der Waals surface area contributed by atoms with Crippen molar-refractivity contribution >= 4 is 21.9 Å². The van der Waals surface area contributed by atoms with E-state index in [1.54, 1.807) is 37.2 Å². The normalized spacial score (nSPS) is 13.0. The smallest absolute Gasteiger partial charge is 0.191 e. The second kappa shape index (κ2) is 8.07. The van der Waals surface area contributed by atoms with Crippen LogP contribution in [0.2, 0.25) is 0 Å². The number of nitrogens with one attached hydrogen (secondary N) is 2. The molecule has 0 saturated heterocycles. The van der Waals surface area contributed by atoms with Crippen LogP contribution >= 0.6 is 15.9 Å². The third kappa shape index (κ3) is 5.04. The van der Waals surface area contributed by atoms with Gasteiger partial charge >= 0.3 is 0 Å². The van der Waals surface area contributed by atoms with E-state index in [4.69, 9.17) is 0 Å². The zero-order valence-electron chi connectivity index (χ0n) is 12.9. The van der Waals surface area contributed by atoms with Crippen molar-refractivity contribution in [2.75, 3.05) is 13.6 Å². The van der Waals surface area contributed by atoms with Crippen molar-refractivity contribution in [3.05, 3.63) is 52.0 Å². The average Bonchev–Trinajstić information content (AvgIpc) is 2.97. The Kier molecular flexibility index (Phi) is 6.12. The van der Waals surface area contributed by atoms with Crippen LogP contribution in [-0.2, 0) is 13.6 Å². The Bertz CT molecular complexity index is 688. The summed E-state index contributed by atoms with van der Waals surface area (Å²) in [6, 6.07) is 4.93. The van der Waals surface area contributed by atoms with Gasteiger partial charge < -0.3 is 15.7 Å². The molecule has 2 aromatic rings. The van der Waals surface area contributed by atoms with Crippen LogP contribution in [0.15, 0.2) is 40.1 Å². The maximum Gasteiger partial charge on any atom is 0.191 e. The third-order valence-electron chi connectivity index (χ3n) is 3.24. The maximum atomic E-state index is 13.5. The van der Waals surface area contributed by atoms with Crippen LogP contribution in [0.25, 0.3) is 0 Å². The molecule has 0 aliphatic heterocycles. The molecule has 1 aromatic heterocycles. The largest absolute Gasteiger partial charge is 0.386 e. The van der Waals surface area contributed by atoms with Gasteiger partial charge in [0.2, 0.25) is 0 Å². The first kappa shape index (κ1) is 17.4. The van der Waals surface area contributed by atoms with E-state index < -0.39 is 6.10 Å². The molecule has 0 bridgehead atoms. The summed E-state index contributed by atoms with van der Waals surface area (Å²) in [7, 11) is 3.43. The summed E-state index contributed by atoms with van der Waals surface area (Å²) in [5, 5.41) is 20.2. The van der Waals surface area contributed by atoms with Gasteiger partial charge in [0.25, 0.3) is 0 Å². The molecule has 8 heteroatoms. The fourth-order valence-corrected chi connectivity index (χ4v) is 2.23. The van der Waals surface area contributed by atoms with Crippen LogP contribution in [0.3, 0.4) is 0 Å². The molecule has 0 fully saturated rings. The zero-order chi connectivity index (χ0) is 16.8. The van der Waals surface area contributed by atoms with Gasteiger partial charge in [-0.25, -0.2) is 4.39 Å². The number of nitrogens with zero attached hydrogens (tertiary/aromatic N) is 3. The van der Waals surface area contributed by atoms with Gasteiger partial charge in [-0.3, -0.25) is 9.67 Å². The molecular weight excluding hydrogens is 365 g/mol. The van der Waals surface area contributed by atoms with E-state index in [0.717, 1.165) is 11.1 Å². The minimum Gasteiger partial charge on any atom is -0.386 e. The van der Waals surface area contributed by atoms with Crippen LogP contribution < -0.4 is 10.6 Å². The van der Waals surface area contributed by atoms with Crippen molar-refractivity contribution in [3.63, 3.8) is 0 Å². The van der Waals surface area contributed by atoms with E-state index in [9.17, 15) is 9.50 Å². The van der Waals surface area contributed by atoms with Crippen LogP contribution in [0.5, 0.6) is 0 Å². The second-order valence-electron chi connectivity index (χ2n) is 5.02. The lowest BCUT2D eigenvalue weighted by molar-refractivity contribution is 0.180. The van der Waals surface area contributed by atoms with E-state index in [1.807, 2.05) is 6.07 Å². The highest BCUT2D eigenvalue weighted by molar-refractivity contribution is 9.10. The second-order valence-corrected chi connectivity index (χ2v) is 5.87. The van der Waals surface area contributed by atoms with E-state index >= 15 is 0 Å². The minimum atomic E-state index is -0.688. The van der Waals surface area contributed by atoms with Crippen molar-refractivity contribution in [2.45, 2.75) is 12.6 Å². The number of aliphatic hydroxyl groups excluding tert-OH is 1. The predicted octanol–water partition coefficient (Wildman–Crippen LogP) is 1.72. The summed E-state index contributed by atoms with van der Waals surface area (Å²) in [5.74, 6) is 0.218. The first-order chi connectivity index (χ1) is 11.0. The summed E-state index contributed by atoms with van der Waals surface area (Å²) < 4.78 is 15.5. The lowest BCUT2D eigenvalue weighted by Gasteiger charge is -2.14. The molecule has 124 valence electrons. The lowest BCUT2D eigenvalue weighted by Crippen LogP contribution is -2.39. The first-order valence-corrected chi connectivity index (χ1v) is 7.84. The van der Waals surface area contributed by atoms with Gasteiger partial charge in [-0.05, 0) is 33.6 Å². The Balaban J connectivity index is 1.84. The highest BCUT2D eigenvalue weighted by atomic mass is 79.9. The Morgan fingerprint density at radius 1 is 1.48 bits per heavy atom. The molecule has 3 N–H and O–H groups in total. The number of hydrogen-bond acceptors (Lipinski definition) is 3. The Hall–Kier alpha value is -1.93. The average molecular weight is 384 g/mol. The quantitative estimate of drug-likeness (QED) is 0.542. The minimum absolute atomic E-state index is 0.292. The molecule has 6 nitrogen and oxygen atoms in total. The van der Waals surface area contributed by atoms with E-state index in [-0.39, 0.29) is 5.82 Å². The molecule has 1 aromatic carbocycles. The standard InChI is InChI=1S/C15H19BrFN5O/c1-18-15(19-6-10-3-4-12(16)13(17)5-10)20-8-14(23)11-7-21-22(2)9-11/h3-5,7,9,14,23H,6,8H2,1-2H3,(H2,18,19,20). The van der Waals surface area contributed by atoms with E-state index in [0.29, 0.717) is 23.5 Å². The highest BCUT2D eigenvalue weighted by Gasteiger charge is 2.10. The van der Waals surface area contributed by atoms with Gasteiger partial charge in [-0.1, -0.05) is 6.07 Å². The molecule has 0 spiro atoms. The number of aryl methyl sites for hydroxylation is 1. The number of aliphatic imine (C=N–C) groups is 1. The molecular formula is C15H19BrFN5O. The number of hydrogen-bond donors (Lipinski definition) is 3. The van der Waals surface area contributed by atoms with Gasteiger partial charge in [-0.15, -0.1) is 0 Å². The summed E-state index contributed by atoms with van der Waals surface area (Å²) in [5.41, 5.74) is 1.52. The van der Waals surface area contributed by atoms with Crippen LogP contribution in [0.1, 0.15) is 17.2 Å². The summed E-state index contributed by atoms with van der Waals surface area (Å²) in [6.45, 7) is 0.715. The fourth-order valence-electron chi connectivity index (χ4n) is 1.98. The van der Waals surface area contributed by atoms with E-state index in [1.165, 1.54) is 6.07 Å². The SMILES string of the molecule is CN=C(NCc1ccc(Br)c(F)c1)NCC(O)c1cnn(C)c1. The molecule has 0 amide bonds. The molecule has 0 aliphatic rings. The summed E-state index contributed by atoms with van der Waals surface area (Å²) >= 11 is 3.12. The molecule has 0 saturated carbocycles. The number of aromatic nitrogens is 2. The van der Waals surface area contributed by atoms with Crippen molar-refractivity contribution in [2.24, 2.45) is 12.0 Å². The predicted molar refractivity (Wildman–Crippen MR) is 90.5 cm³/mol. The number of halogens is 2. The van der Waals surface area contributed by atoms with Crippen molar-refractivity contribution in [1.82, 2.24) is 20.4 Å². The van der Waals surface area contributed by atoms with Crippen molar-refractivity contribution in [3.8, 4) is 0 Å². The summed E-state index contributed by atoms with van der Waals surface area (Å²) in [4.78, 5) is 4.07. The third-order valence-corrected chi connectivity index (χ3v) is 3.88. The lowest BCUT2D eigenvalue weighted by atomic mass is 10.2. The molecule has 1 atom stereocenters. The Labute approximate surface area is 142 Å². The van der Waals surface area contributed by atoms with Crippen LogP contribution in [-0.4, -0.2) is 34.4 Å². The van der Waals surface area contributed by atoms with Gasteiger partial charge in [0.1, 0.15) is 5.82 Å². The van der Waals surface area contributed by atoms with Gasteiger partial charge in [0, 0.05) is 38.9 Å². The van der Waals surface area contributed by atoms with Gasteiger partial charge in [0.05, 0.1) is 16.8 Å². The molecule has 1 heterocycles. The Morgan fingerprint density at radius 3 is 2.87 bits per heavy atom. The van der Waals surface area contributed by atoms with Gasteiger partial charge in [0.15, 0.2) is 5.96 Å². The number of benzene rings is 1. The molecule has 1 unspecified atom stereocenters.